The Bertz CT molecular complexity index is 663. The Kier molecular flexibility index (Phi) is 7.80. The first-order chi connectivity index (χ1) is 10.7. The average Bonchev–Trinajstić information content (AvgIpc) is 2.44. The molecule has 0 heterocycles. The highest BCUT2D eigenvalue weighted by Gasteiger charge is 2.23. The van der Waals surface area contributed by atoms with Crippen molar-refractivity contribution in [2.24, 2.45) is 0 Å². The van der Waals surface area contributed by atoms with E-state index < -0.39 is 15.9 Å². The molecule has 8 heteroatoms. The Morgan fingerprint density at radius 3 is 2.39 bits per heavy atom. The van der Waals surface area contributed by atoms with Crippen molar-refractivity contribution in [1.82, 2.24) is 10.0 Å². The SMILES string of the molecule is CCCNC(=O)c1cc(S(=O)(=O)NC(C)CCC)c(Cl)cc1Cl. The van der Waals surface area contributed by atoms with Crippen molar-refractivity contribution in [3.05, 3.63) is 27.7 Å². The van der Waals surface area contributed by atoms with Crippen LogP contribution in [0.25, 0.3) is 0 Å². The van der Waals surface area contributed by atoms with E-state index in [0.717, 1.165) is 12.8 Å². The van der Waals surface area contributed by atoms with Crippen LogP contribution in [0.2, 0.25) is 10.0 Å². The van der Waals surface area contributed by atoms with Gasteiger partial charge in [-0.05, 0) is 31.9 Å². The Morgan fingerprint density at radius 1 is 1.17 bits per heavy atom. The number of sulfonamides is 1. The maximum Gasteiger partial charge on any atom is 0.252 e. The summed E-state index contributed by atoms with van der Waals surface area (Å²) < 4.78 is 27.5. The first-order valence-corrected chi connectivity index (χ1v) is 9.76. The fourth-order valence-corrected chi connectivity index (χ4v) is 4.20. The van der Waals surface area contributed by atoms with E-state index >= 15 is 0 Å². The zero-order valence-electron chi connectivity index (χ0n) is 13.4. The minimum Gasteiger partial charge on any atom is -0.352 e. The predicted molar refractivity (Wildman–Crippen MR) is 93.8 cm³/mol. The van der Waals surface area contributed by atoms with Crippen molar-refractivity contribution in [2.75, 3.05) is 6.54 Å². The minimum absolute atomic E-state index is 0.0155. The molecule has 1 atom stereocenters. The van der Waals surface area contributed by atoms with Crippen molar-refractivity contribution in [3.8, 4) is 0 Å². The van der Waals surface area contributed by atoms with Gasteiger partial charge in [0, 0.05) is 12.6 Å². The van der Waals surface area contributed by atoms with Gasteiger partial charge in [-0.1, -0.05) is 43.5 Å². The number of amides is 1. The second-order valence-corrected chi connectivity index (χ2v) is 7.83. The van der Waals surface area contributed by atoms with Gasteiger partial charge in [0.15, 0.2) is 0 Å². The Hall–Kier alpha value is -0.820. The summed E-state index contributed by atoms with van der Waals surface area (Å²) in [4.78, 5) is 11.9. The van der Waals surface area contributed by atoms with Crippen LogP contribution in [0.15, 0.2) is 17.0 Å². The number of carbonyl (C=O) groups is 1. The minimum atomic E-state index is -3.83. The molecule has 0 aliphatic heterocycles. The number of hydrogen-bond donors (Lipinski definition) is 2. The maximum absolute atomic E-state index is 12.5. The van der Waals surface area contributed by atoms with Gasteiger partial charge in [-0.25, -0.2) is 13.1 Å². The van der Waals surface area contributed by atoms with E-state index in [-0.39, 0.29) is 26.5 Å². The number of nitrogens with one attached hydrogen (secondary N) is 2. The topological polar surface area (TPSA) is 75.3 Å². The number of halogens is 2. The van der Waals surface area contributed by atoms with Gasteiger partial charge in [0.25, 0.3) is 5.91 Å². The lowest BCUT2D eigenvalue weighted by molar-refractivity contribution is 0.0953. The molecule has 1 rings (SSSR count). The van der Waals surface area contributed by atoms with E-state index in [4.69, 9.17) is 23.2 Å². The molecule has 1 unspecified atom stereocenters. The zero-order chi connectivity index (χ0) is 17.6. The van der Waals surface area contributed by atoms with Crippen LogP contribution in [0.3, 0.4) is 0 Å². The second kappa shape index (κ2) is 8.87. The van der Waals surface area contributed by atoms with Crippen LogP contribution in [-0.4, -0.2) is 26.9 Å². The summed E-state index contributed by atoms with van der Waals surface area (Å²) in [6.07, 6.45) is 2.31. The van der Waals surface area contributed by atoms with Crippen molar-refractivity contribution in [1.29, 1.82) is 0 Å². The predicted octanol–water partition coefficient (Wildman–Crippen LogP) is 3.60. The summed E-state index contributed by atoms with van der Waals surface area (Å²) in [7, 11) is -3.83. The third kappa shape index (κ3) is 5.64. The average molecular weight is 381 g/mol. The van der Waals surface area contributed by atoms with Crippen LogP contribution in [0.5, 0.6) is 0 Å². The Balaban J connectivity index is 3.18. The van der Waals surface area contributed by atoms with Crippen LogP contribution in [0, 0.1) is 0 Å². The van der Waals surface area contributed by atoms with Crippen LogP contribution >= 0.6 is 23.2 Å². The van der Waals surface area contributed by atoms with Gasteiger partial charge >= 0.3 is 0 Å². The number of rotatable bonds is 8. The lowest BCUT2D eigenvalue weighted by Crippen LogP contribution is -2.33. The molecule has 0 saturated heterocycles. The van der Waals surface area contributed by atoms with Gasteiger partial charge in [0.2, 0.25) is 10.0 Å². The summed E-state index contributed by atoms with van der Waals surface area (Å²) in [6, 6.07) is 2.27. The summed E-state index contributed by atoms with van der Waals surface area (Å²) in [5.74, 6) is -0.424. The largest absolute Gasteiger partial charge is 0.352 e. The van der Waals surface area contributed by atoms with Gasteiger partial charge in [-0.2, -0.15) is 0 Å². The van der Waals surface area contributed by atoms with E-state index in [2.05, 4.69) is 10.0 Å². The van der Waals surface area contributed by atoms with Gasteiger partial charge < -0.3 is 5.32 Å². The lowest BCUT2D eigenvalue weighted by atomic mass is 10.2. The van der Waals surface area contributed by atoms with Gasteiger partial charge in [-0.15, -0.1) is 0 Å². The summed E-state index contributed by atoms with van der Waals surface area (Å²) >= 11 is 12.0. The van der Waals surface area contributed by atoms with Crippen molar-refractivity contribution in [3.63, 3.8) is 0 Å². The second-order valence-electron chi connectivity index (χ2n) is 5.33. The summed E-state index contributed by atoms with van der Waals surface area (Å²) in [6.45, 7) is 6.14. The van der Waals surface area contributed by atoms with Crippen LogP contribution in [0.4, 0.5) is 0 Å². The van der Waals surface area contributed by atoms with Crippen LogP contribution < -0.4 is 10.0 Å². The quantitative estimate of drug-likeness (QED) is 0.723. The molecule has 0 radical (unpaired) electrons. The monoisotopic (exact) mass is 380 g/mol. The molecule has 0 aromatic heterocycles. The van der Waals surface area contributed by atoms with E-state index in [1.807, 2.05) is 13.8 Å². The molecule has 130 valence electrons. The molecular weight excluding hydrogens is 359 g/mol. The molecule has 0 spiro atoms. The molecule has 0 aliphatic carbocycles. The summed E-state index contributed by atoms with van der Waals surface area (Å²) in [5, 5.41) is 2.77. The molecular formula is C15H22Cl2N2O3S. The highest BCUT2D eigenvalue weighted by molar-refractivity contribution is 7.89. The first-order valence-electron chi connectivity index (χ1n) is 7.52. The number of benzene rings is 1. The molecule has 0 bridgehead atoms. The number of hydrogen-bond acceptors (Lipinski definition) is 3. The van der Waals surface area contributed by atoms with Crippen LogP contribution in [-0.2, 0) is 10.0 Å². The normalized spacial score (nSPS) is 12.9. The van der Waals surface area contributed by atoms with Crippen molar-refractivity contribution < 1.29 is 13.2 Å². The molecule has 5 nitrogen and oxygen atoms in total. The van der Waals surface area contributed by atoms with Gasteiger partial charge in [-0.3, -0.25) is 4.79 Å². The number of carbonyl (C=O) groups excluding carboxylic acids is 1. The lowest BCUT2D eigenvalue weighted by Gasteiger charge is -2.15. The van der Waals surface area contributed by atoms with Gasteiger partial charge in [0.1, 0.15) is 4.90 Å². The first kappa shape index (κ1) is 20.2. The Morgan fingerprint density at radius 2 is 1.83 bits per heavy atom. The Labute approximate surface area is 147 Å². The fraction of sp³-hybridized carbons (Fsp3) is 0.533. The molecule has 2 N–H and O–H groups in total. The molecule has 0 aliphatic rings. The molecule has 1 aromatic carbocycles. The highest BCUT2D eigenvalue weighted by Crippen LogP contribution is 2.29. The summed E-state index contributed by atoms with van der Waals surface area (Å²) in [5.41, 5.74) is 0.0908. The fourth-order valence-electron chi connectivity index (χ4n) is 2.06. The van der Waals surface area contributed by atoms with E-state index in [1.54, 1.807) is 6.92 Å². The third-order valence-electron chi connectivity index (χ3n) is 3.17. The van der Waals surface area contributed by atoms with E-state index in [1.165, 1.54) is 12.1 Å². The van der Waals surface area contributed by atoms with Gasteiger partial charge in [0.05, 0.1) is 15.6 Å². The molecule has 1 amide bonds. The zero-order valence-corrected chi connectivity index (χ0v) is 15.8. The molecule has 0 saturated carbocycles. The smallest absolute Gasteiger partial charge is 0.252 e. The highest BCUT2D eigenvalue weighted by atomic mass is 35.5. The van der Waals surface area contributed by atoms with Crippen molar-refractivity contribution >= 4 is 39.1 Å². The molecule has 23 heavy (non-hydrogen) atoms. The van der Waals surface area contributed by atoms with E-state index in [9.17, 15) is 13.2 Å². The third-order valence-corrected chi connectivity index (χ3v) is 5.54. The maximum atomic E-state index is 12.5. The van der Waals surface area contributed by atoms with Crippen LogP contribution in [0.1, 0.15) is 50.4 Å². The molecule has 0 fully saturated rings. The van der Waals surface area contributed by atoms with E-state index in [0.29, 0.717) is 13.0 Å². The molecule has 1 aromatic rings. The van der Waals surface area contributed by atoms with Crippen molar-refractivity contribution in [2.45, 2.75) is 51.0 Å². The standard InChI is InChI=1S/C15H22Cl2N2O3S/c1-4-6-10(3)19-23(21,22)14-8-11(12(16)9-13(14)17)15(20)18-7-5-2/h8-10,19H,4-7H2,1-3H3,(H,18,20).